The third kappa shape index (κ3) is 1.41. The Labute approximate surface area is 83.3 Å². The number of aromatic amines is 1. The number of nitrogens with zero attached hydrogens (tertiary/aromatic N) is 2. The Hall–Kier alpha value is -1.32. The van der Waals surface area contributed by atoms with Crippen LogP contribution >= 0.6 is 0 Å². The van der Waals surface area contributed by atoms with Crippen molar-refractivity contribution in [3.05, 3.63) is 17.0 Å². The molecular formula is C10H15N3O. The van der Waals surface area contributed by atoms with Crippen LogP contribution in [0.3, 0.4) is 0 Å². The predicted molar refractivity (Wildman–Crippen MR) is 52.8 cm³/mol. The molecule has 1 aliphatic rings. The van der Waals surface area contributed by atoms with Crippen LogP contribution in [0.1, 0.15) is 30.8 Å². The summed E-state index contributed by atoms with van der Waals surface area (Å²) in [6.45, 7) is 5.24. The number of hydrogen-bond acceptors (Lipinski definition) is 2. The Bertz CT molecular complexity index is 356. The normalized spacial score (nSPS) is 15.4. The number of rotatable bonds is 1. The first-order valence-electron chi connectivity index (χ1n) is 5.03. The first-order valence-corrected chi connectivity index (χ1v) is 5.03. The molecule has 0 aromatic carbocycles. The van der Waals surface area contributed by atoms with Crippen LogP contribution in [0.2, 0.25) is 0 Å². The first kappa shape index (κ1) is 9.24. The summed E-state index contributed by atoms with van der Waals surface area (Å²) in [5.41, 5.74) is 3.59. The van der Waals surface area contributed by atoms with Gasteiger partial charge in [-0.15, -0.1) is 0 Å². The highest BCUT2D eigenvalue weighted by atomic mass is 16.2. The Morgan fingerprint density at radius 1 is 1.64 bits per heavy atom. The van der Waals surface area contributed by atoms with Crippen molar-refractivity contribution < 1.29 is 4.79 Å². The Morgan fingerprint density at radius 3 is 3.07 bits per heavy atom. The summed E-state index contributed by atoms with van der Waals surface area (Å²) in [7, 11) is 0. The topological polar surface area (TPSA) is 49.0 Å². The largest absolute Gasteiger partial charge is 0.337 e. The Kier molecular flexibility index (Phi) is 2.27. The van der Waals surface area contributed by atoms with Crippen LogP contribution in [0.25, 0.3) is 0 Å². The molecule has 0 atom stereocenters. The first-order chi connectivity index (χ1) is 6.72. The van der Waals surface area contributed by atoms with Gasteiger partial charge in [0.2, 0.25) is 5.91 Å². The molecule has 0 saturated heterocycles. The molecule has 1 amide bonds. The molecule has 0 radical (unpaired) electrons. The maximum Gasteiger partial charge on any atom is 0.219 e. The summed E-state index contributed by atoms with van der Waals surface area (Å²) < 4.78 is 0. The van der Waals surface area contributed by atoms with E-state index in [1.54, 1.807) is 6.92 Å². The van der Waals surface area contributed by atoms with E-state index in [0.717, 1.165) is 30.8 Å². The van der Waals surface area contributed by atoms with Gasteiger partial charge in [0.05, 0.1) is 17.9 Å². The fraction of sp³-hybridized carbons (Fsp3) is 0.600. The number of fused-ring (bicyclic) bond motifs is 1. The van der Waals surface area contributed by atoms with Gasteiger partial charge in [0.1, 0.15) is 0 Å². The van der Waals surface area contributed by atoms with Crippen molar-refractivity contribution in [3.8, 4) is 0 Å². The molecule has 76 valence electrons. The highest BCUT2D eigenvalue weighted by Crippen LogP contribution is 2.20. The Balaban J connectivity index is 2.24. The number of aryl methyl sites for hydroxylation is 1. The van der Waals surface area contributed by atoms with Crippen molar-refractivity contribution in [3.63, 3.8) is 0 Å². The van der Waals surface area contributed by atoms with Crippen LogP contribution in [0.5, 0.6) is 0 Å². The highest BCUT2D eigenvalue weighted by Gasteiger charge is 2.21. The van der Waals surface area contributed by atoms with Gasteiger partial charge in [-0.25, -0.2) is 0 Å². The summed E-state index contributed by atoms with van der Waals surface area (Å²) in [4.78, 5) is 13.0. The Morgan fingerprint density at radius 2 is 2.43 bits per heavy atom. The molecule has 0 spiro atoms. The monoisotopic (exact) mass is 193 g/mol. The fourth-order valence-electron chi connectivity index (χ4n) is 1.95. The number of carbonyl (C=O) groups excluding carboxylic acids is 1. The average Bonchev–Trinajstić information content (AvgIpc) is 2.59. The third-order valence-electron chi connectivity index (χ3n) is 2.80. The predicted octanol–water partition coefficient (Wildman–Crippen LogP) is 0.877. The zero-order chi connectivity index (χ0) is 10.1. The van der Waals surface area contributed by atoms with E-state index >= 15 is 0 Å². The van der Waals surface area contributed by atoms with E-state index in [0.29, 0.717) is 6.54 Å². The molecule has 0 bridgehead atoms. The van der Waals surface area contributed by atoms with E-state index in [4.69, 9.17) is 0 Å². The van der Waals surface area contributed by atoms with Crippen LogP contribution in [-0.4, -0.2) is 27.5 Å². The van der Waals surface area contributed by atoms with E-state index in [-0.39, 0.29) is 5.91 Å². The molecule has 0 saturated carbocycles. The van der Waals surface area contributed by atoms with E-state index < -0.39 is 0 Å². The second-order valence-corrected chi connectivity index (χ2v) is 3.67. The maximum atomic E-state index is 11.2. The van der Waals surface area contributed by atoms with Crippen molar-refractivity contribution in [2.75, 3.05) is 6.54 Å². The minimum atomic E-state index is 0.142. The van der Waals surface area contributed by atoms with Crippen LogP contribution in [0, 0.1) is 0 Å². The molecule has 2 heterocycles. The molecular weight excluding hydrogens is 178 g/mol. The third-order valence-corrected chi connectivity index (χ3v) is 2.80. The molecule has 1 aromatic heterocycles. The zero-order valence-electron chi connectivity index (χ0n) is 8.63. The van der Waals surface area contributed by atoms with Gasteiger partial charge in [0, 0.05) is 13.5 Å². The summed E-state index contributed by atoms with van der Waals surface area (Å²) in [5, 5.41) is 7.27. The van der Waals surface area contributed by atoms with Crippen LogP contribution in [0.4, 0.5) is 0 Å². The van der Waals surface area contributed by atoms with Crippen molar-refractivity contribution in [1.82, 2.24) is 15.1 Å². The van der Waals surface area contributed by atoms with E-state index in [1.807, 2.05) is 4.90 Å². The quantitative estimate of drug-likeness (QED) is 0.719. The number of H-pyrrole nitrogens is 1. The highest BCUT2D eigenvalue weighted by molar-refractivity contribution is 5.73. The molecule has 0 unspecified atom stereocenters. The molecule has 2 rings (SSSR count). The van der Waals surface area contributed by atoms with Crippen LogP contribution in [0.15, 0.2) is 0 Å². The summed E-state index contributed by atoms with van der Waals surface area (Å²) in [5.74, 6) is 0.142. The van der Waals surface area contributed by atoms with E-state index in [2.05, 4.69) is 17.1 Å². The van der Waals surface area contributed by atoms with Crippen molar-refractivity contribution in [2.24, 2.45) is 0 Å². The van der Waals surface area contributed by atoms with Crippen molar-refractivity contribution in [2.45, 2.75) is 33.2 Å². The lowest BCUT2D eigenvalue weighted by Gasteiger charge is -2.25. The standard InChI is InChI=1S/C10H15N3O/c1-3-9-8-4-5-13(7(2)14)6-10(8)12-11-9/h3-6H2,1-2H3,(H,11,12). The van der Waals surface area contributed by atoms with E-state index in [9.17, 15) is 4.79 Å². The number of hydrogen-bond donors (Lipinski definition) is 1. The number of nitrogens with one attached hydrogen (secondary N) is 1. The number of aromatic nitrogens is 2. The second kappa shape index (κ2) is 3.44. The minimum Gasteiger partial charge on any atom is -0.337 e. The smallest absolute Gasteiger partial charge is 0.219 e. The zero-order valence-corrected chi connectivity index (χ0v) is 8.63. The fourth-order valence-corrected chi connectivity index (χ4v) is 1.95. The van der Waals surface area contributed by atoms with Crippen LogP contribution < -0.4 is 0 Å². The summed E-state index contributed by atoms with van der Waals surface area (Å²) >= 11 is 0. The van der Waals surface area contributed by atoms with Gasteiger partial charge in [-0.05, 0) is 18.4 Å². The molecule has 14 heavy (non-hydrogen) atoms. The van der Waals surface area contributed by atoms with Gasteiger partial charge in [-0.3, -0.25) is 9.89 Å². The SMILES string of the molecule is CCc1n[nH]c2c1CCN(C(C)=O)C2. The average molecular weight is 193 g/mol. The summed E-state index contributed by atoms with van der Waals surface area (Å²) in [6, 6.07) is 0. The van der Waals surface area contributed by atoms with Gasteiger partial charge in [-0.2, -0.15) is 5.10 Å². The summed E-state index contributed by atoms with van der Waals surface area (Å²) in [6.07, 6.45) is 1.90. The molecule has 4 nitrogen and oxygen atoms in total. The van der Waals surface area contributed by atoms with Crippen LogP contribution in [-0.2, 0) is 24.2 Å². The van der Waals surface area contributed by atoms with Gasteiger partial charge in [-0.1, -0.05) is 6.92 Å². The number of amides is 1. The lowest BCUT2D eigenvalue weighted by Crippen LogP contribution is -2.34. The van der Waals surface area contributed by atoms with Gasteiger partial charge in [0.15, 0.2) is 0 Å². The van der Waals surface area contributed by atoms with Crippen molar-refractivity contribution in [1.29, 1.82) is 0 Å². The molecule has 0 fully saturated rings. The lowest BCUT2D eigenvalue weighted by molar-refractivity contribution is -0.129. The van der Waals surface area contributed by atoms with E-state index in [1.165, 1.54) is 5.56 Å². The molecule has 1 aromatic rings. The van der Waals surface area contributed by atoms with Crippen molar-refractivity contribution >= 4 is 5.91 Å². The van der Waals surface area contributed by atoms with Gasteiger partial charge in [0.25, 0.3) is 0 Å². The van der Waals surface area contributed by atoms with Gasteiger partial charge >= 0.3 is 0 Å². The van der Waals surface area contributed by atoms with Gasteiger partial charge < -0.3 is 4.90 Å². The second-order valence-electron chi connectivity index (χ2n) is 3.67. The molecule has 1 N–H and O–H groups in total. The molecule has 4 heteroatoms. The molecule has 0 aliphatic carbocycles. The molecule has 1 aliphatic heterocycles. The maximum absolute atomic E-state index is 11.2. The minimum absolute atomic E-state index is 0.142. The lowest BCUT2D eigenvalue weighted by atomic mass is 10.0. The number of carbonyl (C=O) groups is 1.